The van der Waals surface area contributed by atoms with Gasteiger partial charge in [0.2, 0.25) is 5.91 Å². The molecule has 1 fully saturated rings. The molecule has 1 aromatic carbocycles. The highest BCUT2D eigenvalue weighted by Gasteiger charge is 2.13. The molecule has 0 spiro atoms. The molecule has 4 nitrogen and oxygen atoms in total. The minimum atomic E-state index is -0.0539. The Labute approximate surface area is 115 Å². The van der Waals surface area contributed by atoms with E-state index in [-0.39, 0.29) is 11.9 Å². The Bertz CT molecular complexity index is 427. The van der Waals surface area contributed by atoms with Gasteiger partial charge < -0.3 is 16.0 Å². The fourth-order valence-electron chi connectivity index (χ4n) is 2.35. The monoisotopic (exact) mass is 261 g/mol. The van der Waals surface area contributed by atoms with Crippen molar-refractivity contribution in [1.82, 2.24) is 0 Å². The molecule has 0 saturated carbocycles. The van der Waals surface area contributed by atoms with Crippen LogP contribution in [0.2, 0.25) is 0 Å². The van der Waals surface area contributed by atoms with Crippen LogP contribution in [0.1, 0.15) is 32.6 Å². The molecule has 2 rings (SSSR count). The molecular weight excluding hydrogens is 238 g/mol. The fraction of sp³-hybridized carbons (Fsp3) is 0.533. The second-order valence-electron chi connectivity index (χ2n) is 5.17. The number of carbonyl (C=O) groups is 1. The molecule has 1 aromatic rings. The first-order chi connectivity index (χ1) is 9.19. The summed E-state index contributed by atoms with van der Waals surface area (Å²) in [6.07, 6.45) is 3.70. The third kappa shape index (κ3) is 3.96. The van der Waals surface area contributed by atoms with E-state index in [1.54, 1.807) is 0 Å². The van der Waals surface area contributed by atoms with Crippen molar-refractivity contribution < 1.29 is 4.79 Å². The van der Waals surface area contributed by atoms with Gasteiger partial charge in [0.1, 0.15) is 0 Å². The summed E-state index contributed by atoms with van der Waals surface area (Å²) < 4.78 is 0. The van der Waals surface area contributed by atoms with Gasteiger partial charge in [-0.05, 0) is 37.5 Å². The van der Waals surface area contributed by atoms with Gasteiger partial charge in [0, 0.05) is 36.9 Å². The van der Waals surface area contributed by atoms with Gasteiger partial charge in [-0.2, -0.15) is 0 Å². The molecule has 0 aromatic heterocycles. The Balaban J connectivity index is 1.96. The van der Waals surface area contributed by atoms with E-state index in [9.17, 15) is 4.79 Å². The summed E-state index contributed by atoms with van der Waals surface area (Å²) in [6, 6.07) is 8.00. The molecule has 1 saturated heterocycles. The average Bonchev–Trinajstić information content (AvgIpc) is 2.92. The Morgan fingerprint density at radius 2 is 2.16 bits per heavy atom. The van der Waals surface area contributed by atoms with Gasteiger partial charge >= 0.3 is 0 Å². The van der Waals surface area contributed by atoms with E-state index in [0.717, 1.165) is 25.2 Å². The molecule has 0 aliphatic carbocycles. The molecular formula is C15H23N3O. The quantitative estimate of drug-likeness (QED) is 0.855. The van der Waals surface area contributed by atoms with Crippen LogP contribution in [0.5, 0.6) is 0 Å². The van der Waals surface area contributed by atoms with E-state index in [4.69, 9.17) is 5.73 Å². The number of hydrogen-bond acceptors (Lipinski definition) is 3. The van der Waals surface area contributed by atoms with Crippen LogP contribution >= 0.6 is 0 Å². The number of amides is 1. The maximum atomic E-state index is 11.8. The molecule has 1 heterocycles. The van der Waals surface area contributed by atoms with Gasteiger partial charge in [0.15, 0.2) is 0 Å². The molecule has 0 bridgehead atoms. The number of nitrogens with zero attached hydrogens (tertiary/aromatic N) is 1. The third-order valence-corrected chi connectivity index (χ3v) is 3.57. The Kier molecular flexibility index (Phi) is 4.80. The summed E-state index contributed by atoms with van der Waals surface area (Å²) in [5.41, 5.74) is 7.84. The van der Waals surface area contributed by atoms with Crippen molar-refractivity contribution in [2.24, 2.45) is 5.73 Å². The predicted molar refractivity (Wildman–Crippen MR) is 79.4 cm³/mol. The molecule has 4 heteroatoms. The minimum Gasteiger partial charge on any atom is -0.371 e. The molecule has 1 unspecified atom stereocenters. The lowest BCUT2D eigenvalue weighted by atomic mass is 10.1. The van der Waals surface area contributed by atoms with Crippen LogP contribution in [-0.2, 0) is 4.79 Å². The van der Waals surface area contributed by atoms with E-state index in [1.807, 2.05) is 25.1 Å². The van der Waals surface area contributed by atoms with Crippen LogP contribution in [0.25, 0.3) is 0 Å². The summed E-state index contributed by atoms with van der Waals surface area (Å²) in [6.45, 7) is 4.21. The molecule has 0 radical (unpaired) electrons. The number of anilines is 2. The van der Waals surface area contributed by atoms with Crippen molar-refractivity contribution >= 4 is 17.3 Å². The normalized spacial score (nSPS) is 16.4. The summed E-state index contributed by atoms with van der Waals surface area (Å²) in [7, 11) is 0. The summed E-state index contributed by atoms with van der Waals surface area (Å²) in [4.78, 5) is 14.2. The zero-order chi connectivity index (χ0) is 13.7. The smallest absolute Gasteiger partial charge is 0.225 e. The maximum absolute atomic E-state index is 11.8. The first-order valence-corrected chi connectivity index (χ1v) is 7.09. The lowest BCUT2D eigenvalue weighted by molar-refractivity contribution is -0.116. The first kappa shape index (κ1) is 13.9. The zero-order valence-corrected chi connectivity index (χ0v) is 11.6. The van der Waals surface area contributed by atoms with Crippen molar-refractivity contribution in [3.05, 3.63) is 24.3 Å². The van der Waals surface area contributed by atoms with Crippen molar-refractivity contribution in [1.29, 1.82) is 0 Å². The van der Waals surface area contributed by atoms with Crippen molar-refractivity contribution in [3.8, 4) is 0 Å². The Hall–Kier alpha value is -1.55. The van der Waals surface area contributed by atoms with Gasteiger partial charge in [-0.3, -0.25) is 4.79 Å². The van der Waals surface area contributed by atoms with Gasteiger partial charge in [-0.1, -0.05) is 13.0 Å². The highest BCUT2D eigenvalue weighted by atomic mass is 16.1. The topological polar surface area (TPSA) is 58.4 Å². The molecule has 1 atom stereocenters. The first-order valence-electron chi connectivity index (χ1n) is 7.09. The lowest BCUT2D eigenvalue weighted by Gasteiger charge is -2.18. The molecule has 104 valence electrons. The lowest BCUT2D eigenvalue weighted by Crippen LogP contribution is -2.26. The van der Waals surface area contributed by atoms with Crippen molar-refractivity contribution in [2.45, 2.75) is 38.6 Å². The van der Waals surface area contributed by atoms with E-state index in [2.05, 4.69) is 16.3 Å². The van der Waals surface area contributed by atoms with E-state index < -0.39 is 0 Å². The zero-order valence-electron chi connectivity index (χ0n) is 11.6. The third-order valence-electron chi connectivity index (χ3n) is 3.57. The van der Waals surface area contributed by atoms with E-state index in [1.165, 1.54) is 18.5 Å². The van der Waals surface area contributed by atoms with E-state index >= 15 is 0 Å². The molecule has 1 aliphatic heterocycles. The molecule has 3 N–H and O–H groups in total. The Morgan fingerprint density at radius 3 is 2.84 bits per heavy atom. The van der Waals surface area contributed by atoms with Crippen LogP contribution in [0, 0.1) is 0 Å². The number of nitrogens with two attached hydrogens (primary N) is 1. The standard InChI is InChI=1S/C15H23N3O/c1-2-12(16)10-15(19)17-13-6-5-7-14(11-13)18-8-3-4-9-18/h5-7,11-12H,2-4,8-10,16H2,1H3,(H,17,19). The van der Waals surface area contributed by atoms with Gasteiger partial charge in [-0.15, -0.1) is 0 Å². The van der Waals surface area contributed by atoms with Crippen LogP contribution in [0.15, 0.2) is 24.3 Å². The maximum Gasteiger partial charge on any atom is 0.225 e. The van der Waals surface area contributed by atoms with E-state index in [0.29, 0.717) is 6.42 Å². The van der Waals surface area contributed by atoms with Gasteiger partial charge in [0.25, 0.3) is 0 Å². The fourth-order valence-corrected chi connectivity index (χ4v) is 2.35. The summed E-state index contributed by atoms with van der Waals surface area (Å²) >= 11 is 0. The number of carbonyl (C=O) groups excluding carboxylic acids is 1. The minimum absolute atomic E-state index is 0.00655. The summed E-state index contributed by atoms with van der Waals surface area (Å²) in [5.74, 6) is -0.00655. The highest BCUT2D eigenvalue weighted by Crippen LogP contribution is 2.23. The van der Waals surface area contributed by atoms with Crippen LogP contribution < -0.4 is 16.0 Å². The second-order valence-corrected chi connectivity index (χ2v) is 5.17. The molecule has 1 aliphatic rings. The highest BCUT2D eigenvalue weighted by molar-refractivity contribution is 5.91. The van der Waals surface area contributed by atoms with Crippen molar-refractivity contribution in [3.63, 3.8) is 0 Å². The van der Waals surface area contributed by atoms with Crippen LogP contribution in [0.3, 0.4) is 0 Å². The number of rotatable bonds is 5. The number of nitrogens with one attached hydrogen (secondary N) is 1. The largest absolute Gasteiger partial charge is 0.371 e. The summed E-state index contributed by atoms with van der Waals surface area (Å²) in [5, 5.41) is 2.93. The SMILES string of the molecule is CCC(N)CC(=O)Nc1cccc(N2CCCC2)c1. The van der Waals surface area contributed by atoms with Gasteiger partial charge in [-0.25, -0.2) is 0 Å². The number of hydrogen-bond donors (Lipinski definition) is 2. The molecule has 1 amide bonds. The number of benzene rings is 1. The van der Waals surface area contributed by atoms with Crippen LogP contribution in [0.4, 0.5) is 11.4 Å². The van der Waals surface area contributed by atoms with Gasteiger partial charge in [0.05, 0.1) is 0 Å². The molecule has 19 heavy (non-hydrogen) atoms. The predicted octanol–water partition coefficient (Wildman–Crippen LogP) is 2.35. The van der Waals surface area contributed by atoms with Crippen molar-refractivity contribution in [2.75, 3.05) is 23.3 Å². The van der Waals surface area contributed by atoms with Crippen LogP contribution in [-0.4, -0.2) is 25.0 Å². The second kappa shape index (κ2) is 6.57. The Morgan fingerprint density at radius 1 is 1.42 bits per heavy atom. The average molecular weight is 261 g/mol.